The summed E-state index contributed by atoms with van der Waals surface area (Å²) in [6.07, 6.45) is 6.09. The third-order valence-corrected chi connectivity index (χ3v) is 4.45. The van der Waals surface area contributed by atoms with E-state index in [1.807, 2.05) is 13.8 Å². The highest BCUT2D eigenvalue weighted by atomic mass is 16.3. The van der Waals surface area contributed by atoms with Gasteiger partial charge in [0.15, 0.2) is 5.56 Å². The Balaban J connectivity index is 2.18. The van der Waals surface area contributed by atoms with E-state index in [0.29, 0.717) is 17.8 Å². The number of hydrogen-bond donors (Lipinski definition) is 2. The second kappa shape index (κ2) is 7.49. The molecule has 1 aliphatic rings. The SMILES string of the molecule is CC(C)Cn1c(O)c(C(=O)NC2CC2)c(=O)n2ncc(/C=C/C(=O)N(C)C)c12. The topological polar surface area (TPSA) is 109 Å². The number of rotatable bonds is 6. The van der Waals surface area contributed by atoms with Crippen LogP contribution >= 0.6 is 0 Å². The van der Waals surface area contributed by atoms with E-state index >= 15 is 0 Å². The number of likely N-dealkylation sites (N-methyl/N-ethyl adjacent to an activating group) is 1. The maximum absolute atomic E-state index is 12.9. The van der Waals surface area contributed by atoms with E-state index in [1.54, 1.807) is 20.2 Å². The fourth-order valence-corrected chi connectivity index (χ4v) is 2.86. The molecule has 0 aliphatic heterocycles. The molecule has 2 amide bonds. The van der Waals surface area contributed by atoms with Gasteiger partial charge in [-0.2, -0.15) is 9.61 Å². The molecule has 0 bridgehead atoms. The van der Waals surface area contributed by atoms with Crippen molar-refractivity contribution in [1.29, 1.82) is 0 Å². The second-order valence-electron chi connectivity index (χ2n) is 7.66. The van der Waals surface area contributed by atoms with Gasteiger partial charge in [-0.05, 0) is 24.8 Å². The van der Waals surface area contributed by atoms with Crippen molar-refractivity contribution in [2.45, 2.75) is 39.3 Å². The van der Waals surface area contributed by atoms with Crippen LogP contribution in [0.2, 0.25) is 0 Å². The van der Waals surface area contributed by atoms with Crippen LogP contribution in [-0.2, 0) is 11.3 Å². The molecule has 0 radical (unpaired) electrons. The molecule has 9 heteroatoms. The van der Waals surface area contributed by atoms with Crippen LogP contribution in [0.4, 0.5) is 0 Å². The molecule has 28 heavy (non-hydrogen) atoms. The highest BCUT2D eigenvalue weighted by Crippen LogP contribution is 2.24. The van der Waals surface area contributed by atoms with E-state index in [9.17, 15) is 19.5 Å². The Kier molecular flexibility index (Phi) is 5.26. The average molecular weight is 387 g/mol. The summed E-state index contributed by atoms with van der Waals surface area (Å²) >= 11 is 0. The van der Waals surface area contributed by atoms with Gasteiger partial charge >= 0.3 is 0 Å². The molecule has 0 atom stereocenters. The summed E-state index contributed by atoms with van der Waals surface area (Å²) in [7, 11) is 3.27. The fourth-order valence-electron chi connectivity index (χ4n) is 2.86. The van der Waals surface area contributed by atoms with Crippen LogP contribution < -0.4 is 10.9 Å². The maximum atomic E-state index is 12.9. The Morgan fingerprint density at radius 1 is 1.39 bits per heavy atom. The fraction of sp³-hybridized carbons (Fsp3) is 0.474. The van der Waals surface area contributed by atoms with E-state index < -0.39 is 17.3 Å². The molecule has 0 saturated heterocycles. The first-order chi connectivity index (χ1) is 13.2. The number of hydrogen-bond acceptors (Lipinski definition) is 5. The van der Waals surface area contributed by atoms with Crippen LogP contribution in [0, 0.1) is 5.92 Å². The molecular weight excluding hydrogens is 362 g/mol. The maximum Gasteiger partial charge on any atom is 0.291 e. The van der Waals surface area contributed by atoms with Gasteiger partial charge in [-0.1, -0.05) is 13.8 Å². The molecular formula is C19H25N5O4. The molecule has 1 aliphatic carbocycles. The summed E-state index contributed by atoms with van der Waals surface area (Å²) in [6.45, 7) is 4.28. The summed E-state index contributed by atoms with van der Waals surface area (Å²) < 4.78 is 2.60. The van der Waals surface area contributed by atoms with Crippen molar-refractivity contribution >= 4 is 23.5 Å². The zero-order chi connectivity index (χ0) is 20.6. The van der Waals surface area contributed by atoms with Crippen molar-refractivity contribution in [3.05, 3.63) is 33.8 Å². The first kappa shape index (κ1) is 19.7. The molecule has 3 rings (SSSR count). The molecule has 0 aromatic carbocycles. The van der Waals surface area contributed by atoms with Crippen LogP contribution in [0.25, 0.3) is 11.7 Å². The first-order valence-electron chi connectivity index (χ1n) is 9.24. The van der Waals surface area contributed by atoms with Gasteiger partial charge in [-0.3, -0.25) is 19.0 Å². The average Bonchev–Trinajstić information content (AvgIpc) is 3.32. The lowest BCUT2D eigenvalue weighted by molar-refractivity contribution is -0.123. The van der Waals surface area contributed by atoms with E-state index in [4.69, 9.17) is 0 Å². The Morgan fingerprint density at radius 3 is 2.64 bits per heavy atom. The zero-order valence-corrected chi connectivity index (χ0v) is 16.5. The van der Waals surface area contributed by atoms with Gasteiger partial charge < -0.3 is 15.3 Å². The van der Waals surface area contributed by atoms with Gasteiger partial charge in [-0.15, -0.1) is 0 Å². The number of nitrogens with zero attached hydrogens (tertiary/aromatic N) is 4. The van der Waals surface area contributed by atoms with E-state index in [0.717, 1.165) is 17.4 Å². The third-order valence-electron chi connectivity index (χ3n) is 4.45. The Labute approximate surface area is 162 Å². The van der Waals surface area contributed by atoms with Gasteiger partial charge in [0.25, 0.3) is 11.5 Å². The number of nitrogens with one attached hydrogen (secondary N) is 1. The van der Waals surface area contributed by atoms with Crippen LogP contribution in [-0.4, -0.2) is 56.1 Å². The highest BCUT2D eigenvalue weighted by Gasteiger charge is 2.29. The molecule has 0 unspecified atom stereocenters. The summed E-state index contributed by atoms with van der Waals surface area (Å²) in [5, 5.41) is 17.6. The van der Waals surface area contributed by atoms with E-state index in [-0.39, 0.29) is 23.4 Å². The van der Waals surface area contributed by atoms with Crippen LogP contribution in [0.5, 0.6) is 5.88 Å². The number of carbonyl (C=O) groups excluding carboxylic acids is 2. The molecule has 9 nitrogen and oxygen atoms in total. The molecule has 1 saturated carbocycles. The predicted molar refractivity (Wildman–Crippen MR) is 104 cm³/mol. The van der Waals surface area contributed by atoms with Crippen molar-refractivity contribution in [2.75, 3.05) is 14.1 Å². The minimum absolute atomic E-state index is 0.0497. The van der Waals surface area contributed by atoms with E-state index in [2.05, 4.69) is 10.4 Å². The van der Waals surface area contributed by atoms with Crippen molar-refractivity contribution < 1.29 is 14.7 Å². The Bertz CT molecular complexity index is 1010. The molecule has 2 N–H and O–H groups in total. The lowest BCUT2D eigenvalue weighted by Gasteiger charge is -2.17. The van der Waals surface area contributed by atoms with Gasteiger partial charge in [0.05, 0.1) is 6.20 Å². The smallest absolute Gasteiger partial charge is 0.291 e. The summed E-state index contributed by atoms with van der Waals surface area (Å²) in [4.78, 5) is 38.7. The van der Waals surface area contributed by atoms with Gasteiger partial charge in [0.1, 0.15) is 5.65 Å². The Hall–Kier alpha value is -3.10. The molecule has 2 aromatic heterocycles. The van der Waals surface area contributed by atoms with Gasteiger partial charge in [0.2, 0.25) is 11.8 Å². The predicted octanol–water partition coefficient (Wildman–Crippen LogP) is 0.851. The normalized spacial score (nSPS) is 14.2. The van der Waals surface area contributed by atoms with Crippen molar-refractivity contribution in [3.8, 4) is 5.88 Å². The van der Waals surface area contributed by atoms with Gasteiger partial charge in [0, 0.05) is 38.3 Å². The Morgan fingerprint density at radius 2 is 2.07 bits per heavy atom. The molecule has 0 spiro atoms. The lowest BCUT2D eigenvalue weighted by atomic mass is 10.2. The second-order valence-corrected chi connectivity index (χ2v) is 7.66. The lowest BCUT2D eigenvalue weighted by Crippen LogP contribution is -2.34. The number of aromatic nitrogens is 3. The molecule has 2 aromatic rings. The number of aromatic hydroxyl groups is 1. The molecule has 150 valence electrons. The highest BCUT2D eigenvalue weighted by molar-refractivity contribution is 5.97. The summed E-state index contributed by atoms with van der Waals surface area (Å²) in [5.41, 5.74) is -0.174. The third kappa shape index (κ3) is 3.78. The minimum atomic E-state index is -0.691. The van der Waals surface area contributed by atoms with E-state index in [1.165, 1.54) is 21.7 Å². The van der Waals surface area contributed by atoms with Crippen molar-refractivity contribution in [1.82, 2.24) is 24.4 Å². The number of carbonyl (C=O) groups is 2. The molecule has 1 fully saturated rings. The van der Waals surface area contributed by atoms with Crippen molar-refractivity contribution in [2.24, 2.45) is 5.92 Å². The minimum Gasteiger partial charge on any atom is -0.494 e. The first-order valence-corrected chi connectivity index (χ1v) is 9.24. The van der Waals surface area contributed by atoms with Crippen LogP contribution in [0.15, 0.2) is 17.1 Å². The number of amides is 2. The summed E-state index contributed by atoms with van der Waals surface area (Å²) in [6, 6.07) is 0.0497. The largest absolute Gasteiger partial charge is 0.494 e. The van der Waals surface area contributed by atoms with Gasteiger partial charge in [-0.25, -0.2) is 0 Å². The molecule has 2 heterocycles. The zero-order valence-electron chi connectivity index (χ0n) is 16.5. The summed E-state index contributed by atoms with van der Waals surface area (Å²) in [5.74, 6) is -1.08. The quantitative estimate of drug-likeness (QED) is 0.715. The standard InChI is InChI=1S/C19H25N5O4/c1-11(2)10-23-17-12(5-8-14(25)22(3)4)9-20-24(17)19(28)15(18(23)27)16(26)21-13-6-7-13/h5,8-9,11,13,27H,6-7,10H2,1-4H3,(H,21,26)/b8-5+. The number of fused-ring (bicyclic) bond motifs is 1. The van der Waals surface area contributed by atoms with Crippen molar-refractivity contribution in [3.63, 3.8) is 0 Å². The monoisotopic (exact) mass is 387 g/mol. The van der Waals surface area contributed by atoms with Crippen LogP contribution in [0.1, 0.15) is 42.6 Å². The van der Waals surface area contributed by atoms with Crippen LogP contribution in [0.3, 0.4) is 0 Å².